The van der Waals surface area contributed by atoms with Crippen LogP contribution < -0.4 is 14.7 Å². The van der Waals surface area contributed by atoms with Gasteiger partial charge in [0.15, 0.2) is 0 Å². The van der Waals surface area contributed by atoms with Gasteiger partial charge < -0.3 is 19.6 Å². The lowest BCUT2D eigenvalue weighted by atomic mass is 9.94. The molecule has 1 fully saturated rings. The molecule has 2 aromatic rings. The van der Waals surface area contributed by atoms with Crippen molar-refractivity contribution in [2.75, 3.05) is 33.8 Å². The predicted octanol–water partition coefficient (Wildman–Crippen LogP) is 1.32. The first-order chi connectivity index (χ1) is 15.3. The van der Waals surface area contributed by atoms with E-state index >= 15 is 0 Å². The Balaban J connectivity index is 2.02. The number of Topliss-reactive ketones (excluding diaryl/α,β-unsaturated/α-hetero) is 1. The lowest BCUT2D eigenvalue weighted by Gasteiger charge is -2.27. The van der Waals surface area contributed by atoms with Gasteiger partial charge in [0.05, 0.1) is 26.7 Å². The fourth-order valence-corrected chi connectivity index (χ4v) is 3.81. The minimum absolute atomic E-state index is 0.0100. The molecular formula is C26H30N2O4. The van der Waals surface area contributed by atoms with E-state index in [4.69, 9.17) is 4.74 Å². The Morgan fingerprint density at radius 1 is 1.12 bits per heavy atom. The predicted molar refractivity (Wildman–Crippen MR) is 122 cm³/mol. The number of benzene rings is 2. The Labute approximate surface area is 189 Å². The number of aryl methyl sites for hydroxylation is 1. The zero-order chi connectivity index (χ0) is 23.3. The van der Waals surface area contributed by atoms with Crippen LogP contribution in [0.3, 0.4) is 0 Å². The van der Waals surface area contributed by atoms with Crippen LogP contribution in [-0.4, -0.2) is 50.4 Å². The van der Waals surface area contributed by atoms with Gasteiger partial charge in [-0.25, -0.2) is 0 Å². The van der Waals surface area contributed by atoms with Gasteiger partial charge in [0.1, 0.15) is 12.4 Å². The van der Waals surface area contributed by atoms with E-state index in [0.717, 1.165) is 24.1 Å². The van der Waals surface area contributed by atoms with E-state index < -0.39 is 23.5 Å². The number of nitrogens with zero attached hydrogens (tertiary/aromatic N) is 1. The second-order valence-corrected chi connectivity index (χ2v) is 8.32. The maximum atomic E-state index is 13.4. The smallest absolute Gasteiger partial charge is 0.295 e. The molecule has 1 saturated heterocycles. The molecule has 2 aromatic carbocycles. The molecular weight excluding hydrogens is 404 g/mol. The van der Waals surface area contributed by atoms with Crippen molar-refractivity contribution in [3.05, 3.63) is 83.4 Å². The maximum absolute atomic E-state index is 13.4. The second kappa shape index (κ2) is 10.3. The third-order valence-corrected chi connectivity index (χ3v) is 5.48. The van der Waals surface area contributed by atoms with Gasteiger partial charge >= 0.3 is 0 Å². The summed E-state index contributed by atoms with van der Waals surface area (Å²) in [6.45, 7) is 7.21. The number of hydrogen-bond acceptors (Lipinski definition) is 4. The van der Waals surface area contributed by atoms with Gasteiger partial charge in [-0.2, -0.15) is 0 Å². The Morgan fingerprint density at radius 2 is 1.78 bits per heavy atom. The Bertz CT molecular complexity index is 1010. The van der Waals surface area contributed by atoms with Gasteiger partial charge in [-0.05, 0) is 30.2 Å². The summed E-state index contributed by atoms with van der Waals surface area (Å²) in [5.74, 6) is -1.16. The molecule has 168 valence electrons. The van der Waals surface area contributed by atoms with E-state index in [-0.39, 0.29) is 5.57 Å². The van der Waals surface area contributed by atoms with Crippen LogP contribution in [0.25, 0.3) is 5.76 Å². The molecule has 1 atom stereocenters. The first kappa shape index (κ1) is 23.3. The summed E-state index contributed by atoms with van der Waals surface area (Å²) in [5.41, 5.74) is 2.19. The highest BCUT2D eigenvalue weighted by Gasteiger charge is 2.43. The average Bonchev–Trinajstić information content (AvgIpc) is 3.03. The summed E-state index contributed by atoms with van der Waals surface area (Å²) in [5, 5.41) is 13.4. The van der Waals surface area contributed by atoms with E-state index in [0.29, 0.717) is 24.5 Å². The number of ether oxygens (including phenoxy) is 1. The van der Waals surface area contributed by atoms with Gasteiger partial charge in [0.25, 0.3) is 5.91 Å². The molecule has 0 aliphatic carbocycles. The van der Waals surface area contributed by atoms with Gasteiger partial charge in [-0.15, -0.1) is 0 Å². The molecule has 3 rings (SSSR count). The van der Waals surface area contributed by atoms with Crippen molar-refractivity contribution in [3.8, 4) is 5.75 Å². The summed E-state index contributed by atoms with van der Waals surface area (Å²) in [6.07, 6.45) is 2.37. The highest BCUT2D eigenvalue weighted by molar-refractivity contribution is 6.46. The summed E-state index contributed by atoms with van der Waals surface area (Å²) < 4.78 is 5.47. The third-order valence-electron chi connectivity index (χ3n) is 5.48. The molecule has 1 aliphatic rings. The number of hydrogen-bond donors (Lipinski definition) is 1. The summed E-state index contributed by atoms with van der Waals surface area (Å²) in [4.78, 5) is 28.7. The molecule has 6 nitrogen and oxygen atoms in total. The number of ketones is 1. The quantitative estimate of drug-likeness (QED) is 0.280. The molecule has 1 aliphatic heterocycles. The minimum Gasteiger partial charge on any atom is -0.872 e. The van der Waals surface area contributed by atoms with E-state index in [9.17, 15) is 14.7 Å². The monoisotopic (exact) mass is 434 g/mol. The van der Waals surface area contributed by atoms with Gasteiger partial charge in [0, 0.05) is 18.5 Å². The van der Waals surface area contributed by atoms with Crippen LogP contribution in [0.2, 0.25) is 0 Å². The number of quaternary nitrogens is 1. The van der Waals surface area contributed by atoms with Crippen LogP contribution in [0.1, 0.15) is 29.2 Å². The van der Waals surface area contributed by atoms with Crippen LogP contribution in [0.4, 0.5) is 0 Å². The fourth-order valence-electron chi connectivity index (χ4n) is 3.81. The van der Waals surface area contributed by atoms with Gasteiger partial charge in [-0.3, -0.25) is 9.59 Å². The zero-order valence-electron chi connectivity index (χ0n) is 18.9. The molecule has 1 heterocycles. The lowest BCUT2D eigenvalue weighted by Crippen LogP contribution is -3.05. The van der Waals surface area contributed by atoms with Crippen LogP contribution in [0.5, 0.6) is 5.75 Å². The van der Waals surface area contributed by atoms with Crippen molar-refractivity contribution in [1.29, 1.82) is 0 Å². The van der Waals surface area contributed by atoms with E-state index in [1.54, 1.807) is 35.2 Å². The fraction of sp³-hybridized carbons (Fsp3) is 0.308. The third kappa shape index (κ3) is 5.08. The van der Waals surface area contributed by atoms with Crippen molar-refractivity contribution in [3.63, 3.8) is 0 Å². The molecule has 0 radical (unpaired) electrons. The second-order valence-electron chi connectivity index (χ2n) is 8.32. The summed E-state index contributed by atoms with van der Waals surface area (Å²) >= 11 is 0. The van der Waals surface area contributed by atoms with Gasteiger partial charge in [-0.1, -0.05) is 60.4 Å². The molecule has 1 unspecified atom stereocenters. The number of nitrogens with one attached hydrogen (secondary N) is 1. The average molecular weight is 435 g/mol. The molecule has 1 N–H and O–H groups in total. The van der Waals surface area contributed by atoms with Crippen molar-refractivity contribution in [2.45, 2.75) is 19.4 Å². The Morgan fingerprint density at radius 3 is 2.38 bits per heavy atom. The molecule has 0 bridgehead atoms. The first-order valence-electron chi connectivity index (χ1n) is 10.8. The molecule has 32 heavy (non-hydrogen) atoms. The standard InChI is InChI=1S/C26H30N2O4/c1-5-17-32-21-13-11-20(12-14-21)24(29)22-23(19-9-7-18(2)8-10-19)28(26(31)25(22)30)16-6-15-27(3)4/h5,7-14,23,29H,1,6,15-17H2,2-4H3. The lowest BCUT2D eigenvalue weighted by molar-refractivity contribution is -0.858. The van der Waals surface area contributed by atoms with Gasteiger partial charge in [0.2, 0.25) is 5.78 Å². The van der Waals surface area contributed by atoms with Crippen LogP contribution in [0, 0.1) is 6.92 Å². The van der Waals surface area contributed by atoms with Crippen LogP contribution >= 0.6 is 0 Å². The highest BCUT2D eigenvalue weighted by Crippen LogP contribution is 2.38. The minimum atomic E-state index is -0.718. The number of carbonyl (C=O) groups excluding carboxylic acids is 2. The van der Waals surface area contributed by atoms with Crippen molar-refractivity contribution < 1.29 is 24.3 Å². The number of likely N-dealkylation sites (tertiary alicyclic amines) is 1. The normalized spacial score (nSPS) is 17.8. The highest BCUT2D eigenvalue weighted by atomic mass is 16.5. The summed E-state index contributed by atoms with van der Waals surface area (Å²) in [6, 6.07) is 13.5. The molecule has 0 spiro atoms. The van der Waals surface area contributed by atoms with Crippen molar-refractivity contribution >= 4 is 17.4 Å². The Hall–Kier alpha value is -3.38. The van der Waals surface area contributed by atoms with E-state index in [2.05, 4.69) is 6.58 Å². The number of amides is 1. The van der Waals surface area contributed by atoms with Crippen LogP contribution in [-0.2, 0) is 9.59 Å². The zero-order valence-corrected chi connectivity index (χ0v) is 18.9. The topological polar surface area (TPSA) is 74.1 Å². The Kier molecular flexibility index (Phi) is 7.49. The SMILES string of the molecule is C=CCOc1ccc(C([O-])=C2C(=O)C(=O)N(CCC[NH+](C)C)C2c2ccc(C)cc2)cc1. The molecule has 6 heteroatoms. The summed E-state index contributed by atoms with van der Waals surface area (Å²) in [7, 11) is 4.08. The maximum Gasteiger partial charge on any atom is 0.295 e. The largest absolute Gasteiger partial charge is 0.872 e. The van der Waals surface area contributed by atoms with Crippen LogP contribution in [0.15, 0.2) is 66.8 Å². The number of carbonyl (C=O) groups is 2. The number of rotatable bonds is 9. The molecule has 0 aromatic heterocycles. The van der Waals surface area contributed by atoms with Crippen molar-refractivity contribution in [2.24, 2.45) is 0 Å². The van der Waals surface area contributed by atoms with E-state index in [1.165, 1.54) is 4.90 Å². The molecule has 1 amide bonds. The van der Waals surface area contributed by atoms with E-state index in [1.807, 2.05) is 45.3 Å². The first-order valence-corrected chi connectivity index (χ1v) is 10.8. The molecule has 0 saturated carbocycles. The van der Waals surface area contributed by atoms with Crippen molar-refractivity contribution in [1.82, 2.24) is 4.90 Å².